The van der Waals surface area contributed by atoms with E-state index in [0.717, 1.165) is 5.52 Å². The van der Waals surface area contributed by atoms with Gasteiger partial charge in [0.25, 0.3) is 5.91 Å². The van der Waals surface area contributed by atoms with Crippen LogP contribution >= 0.6 is 0 Å². The van der Waals surface area contributed by atoms with Gasteiger partial charge in [0, 0.05) is 18.7 Å². The Hall–Kier alpha value is -2.08. The van der Waals surface area contributed by atoms with Crippen LogP contribution in [0.25, 0.3) is 11.0 Å². The minimum absolute atomic E-state index is 0.0155. The Morgan fingerprint density at radius 1 is 1.39 bits per heavy atom. The molecule has 94 valence electrons. The Bertz CT molecular complexity index is 587. The summed E-state index contributed by atoms with van der Waals surface area (Å²) in [6, 6.07) is 5.38. The summed E-state index contributed by atoms with van der Waals surface area (Å²) >= 11 is 0. The Kier molecular flexibility index (Phi) is 2.64. The molecule has 3 rings (SSSR count). The van der Waals surface area contributed by atoms with Crippen LogP contribution in [-0.4, -0.2) is 47.1 Å². The zero-order chi connectivity index (χ0) is 12.5. The third-order valence-electron chi connectivity index (χ3n) is 3.05. The molecule has 0 bridgehead atoms. The number of benzene rings is 1. The molecule has 0 spiro atoms. The normalized spacial score (nSPS) is 16.1. The first-order chi connectivity index (χ1) is 8.74. The Morgan fingerprint density at radius 3 is 2.94 bits per heavy atom. The van der Waals surface area contributed by atoms with Crippen molar-refractivity contribution in [3.63, 3.8) is 0 Å². The molecule has 0 saturated carbocycles. The van der Waals surface area contributed by atoms with Gasteiger partial charge in [-0.2, -0.15) is 0 Å². The van der Waals surface area contributed by atoms with E-state index in [-0.39, 0.29) is 5.91 Å². The van der Waals surface area contributed by atoms with Gasteiger partial charge < -0.3 is 20.4 Å². The van der Waals surface area contributed by atoms with Crippen molar-refractivity contribution in [1.82, 2.24) is 14.9 Å². The van der Waals surface area contributed by atoms with Crippen LogP contribution in [0.2, 0.25) is 0 Å². The minimum atomic E-state index is 0.0155. The number of aromatic nitrogens is 2. The van der Waals surface area contributed by atoms with Crippen LogP contribution in [0.15, 0.2) is 18.2 Å². The van der Waals surface area contributed by atoms with E-state index in [2.05, 4.69) is 9.97 Å². The van der Waals surface area contributed by atoms with E-state index in [1.807, 2.05) is 6.07 Å². The van der Waals surface area contributed by atoms with Gasteiger partial charge in [0.1, 0.15) is 0 Å². The third kappa shape index (κ3) is 1.91. The van der Waals surface area contributed by atoms with Crippen LogP contribution in [-0.2, 0) is 4.74 Å². The molecule has 1 aromatic carbocycles. The number of carbonyl (C=O) groups is 1. The summed E-state index contributed by atoms with van der Waals surface area (Å²) in [7, 11) is 0. The molecule has 1 fully saturated rings. The van der Waals surface area contributed by atoms with E-state index in [0.29, 0.717) is 43.3 Å². The second-order valence-corrected chi connectivity index (χ2v) is 4.26. The van der Waals surface area contributed by atoms with Gasteiger partial charge in [0.2, 0.25) is 0 Å². The molecule has 1 aromatic heterocycles. The molecule has 2 heterocycles. The van der Waals surface area contributed by atoms with Gasteiger partial charge in [-0.05, 0) is 18.2 Å². The molecule has 1 aliphatic rings. The summed E-state index contributed by atoms with van der Waals surface area (Å²) in [6.07, 6.45) is 0. The van der Waals surface area contributed by atoms with Crippen LogP contribution in [0.5, 0.6) is 0 Å². The molecule has 6 heteroatoms. The first-order valence-corrected chi connectivity index (χ1v) is 5.86. The van der Waals surface area contributed by atoms with Crippen molar-refractivity contribution in [3.8, 4) is 0 Å². The fourth-order valence-corrected chi connectivity index (χ4v) is 2.11. The van der Waals surface area contributed by atoms with Crippen LogP contribution in [0.1, 0.15) is 10.4 Å². The number of fused-ring (bicyclic) bond motifs is 1. The highest BCUT2D eigenvalue weighted by atomic mass is 16.5. The number of aromatic amines is 1. The lowest BCUT2D eigenvalue weighted by Gasteiger charge is -2.26. The van der Waals surface area contributed by atoms with Gasteiger partial charge in [-0.3, -0.25) is 4.79 Å². The number of morpholine rings is 1. The van der Waals surface area contributed by atoms with E-state index in [4.69, 9.17) is 10.5 Å². The number of nitrogens with zero attached hydrogens (tertiary/aromatic N) is 2. The first-order valence-electron chi connectivity index (χ1n) is 5.86. The molecule has 18 heavy (non-hydrogen) atoms. The fourth-order valence-electron chi connectivity index (χ4n) is 2.11. The third-order valence-corrected chi connectivity index (χ3v) is 3.05. The van der Waals surface area contributed by atoms with Gasteiger partial charge in [-0.25, -0.2) is 4.98 Å². The standard InChI is InChI=1S/C12H14N4O2/c13-12-14-9-2-1-8(7-10(9)15-12)11(17)16-3-5-18-6-4-16/h1-2,7H,3-6H2,(H3,13,14,15). The number of rotatable bonds is 1. The number of nitrogen functional groups attached to an aromatic ring is 1. The molecule has 3 N–H and O–H groups in total. The summed E-state index contributed by atoms with van der Waals surface area (Å²) in [5, 5.41) is 0. The predicted molar refractivity (Wildman–Crippen MR) is 67.2 cm³/mol. The molecule has 0 radical (unpaired) electrons. The number of hydrogen-bond acceptors (Lipinski definition) is 4. The zero-order valence-corrected chi connectivity index (χ0v) is 9.85. The Labute approximate surface area is 104 Å². The second kappa shape index (κ2) is 4.30. The SMILES string of the molecule is Nc1nc2cc(C(=O)N3CCOCC3)ccc2[nH]1. The number of carbonyl (C=O) groups excluding carboxylic acids is 1. The lowest BCUT2D eigenvalue weighted by atomic mass is 10.1. The molecule has 0 atom stereocenters. The van der Waals surface area contributed by atoms with E-state index < -0.39 is 0 Å². The smallest absolute Gasteiger partial charge is 0.254 e. The molecule has 1 amide bonds. The molecular weight excluding hydrogens is 232 g/mol. The summed E-state index contributed by atoms with van der Waals surface area (Å²) in [5.41, 5.74) is 7.77. The van der Waals surface area contributed by atoms with Crippen LogP contribution in [0, 0.1) is 0 Å². The minimum Gasteiger partial charge on any atom is -0.378 e. The number of H-pyrrole nitrogens is 1. The van der Waals surface area contributed by atoms with E-state index in [1.54, 1.807) is 17.0 Å². The number of hydrogen-bond donors (Lipinski definition) is 2. The number of nitrogens with two attached hydrogens (primary N) is 1. The highest BCUT2D eigenvalue weighted by molar-refractivity contribution is 5.97. The van der Waals surface area contributed by atoms with Gasteiger partial charge in [0.05, 0.1) is 24.2 Å². The summed E-state index contributed by atoms with van der Waals surface area (Å²) in [4.78, 5) is 21.1. The molecule has 1 saturated heterocycles. The van der Waals surface area contributed by atoms with Crippen molar-refractivity contribution in [3.05, 3.63) is 23.8 Å². The Balaban J connectivity index is 1.90. The molecule has 2 aromatic rings. The van der Waals surface area contributed by atoms with E-state index >= 15 is 0 Å². The lowest BCUT2D eigenvalue weighted by molar-refractivity contribution is 0.0303. The van der Waals surface area contributed by atoms with Crippen LogP contribution < -0.4 is 5.73 Å². The molecule has 1 aliphatic heterocycles. The number of amides is 1. The average molecular weight is 246 g/mol. The van der Waals surface area contributed by atoms with E-state index in [1.165, 1.54) is 0 Å². The van der Waals surface area contributed by atoms with Gasteiger partial charge in [-0.1, -0.05) is 0 Å². The average Bonchev–Trinajstić information content (AvgIpc) is 2.78. The predicted octanol–water partition coefficient (Wildman–Crippen LogP) is 0.617. The summed E-state index contributed by atoms with van der Waals surface area (Å²) in [5.74, 6) is 0.378. The number of nitrogens with one attached hydrogen (secondary N) is 1. The molecule has 0 unspecified atom stereocenters. The van der Waals surface area contributed by atoms with Gasteiger partial charge in [-0.15, -0.1) is 0 Å². The quantitative estimate of drug-likeness (QED) is 0.772. The van der Waals surface area contributed by atoms with Gasteiger partial charge >= 0.3 is 0 Å². The van der Waals surface area contributed by atoms with Crippen molar-refractivity contribution in [2.24, 2.45) is 0 Å². The van der Waals surface area contributed by atoms with Crippen LogP contribution in [0.3, 0.4) is 0 Å². The summed E-state index contributed by atoms with van der Waals surface area (Å²) in [6.45, 7) is 2.48. The van der Waals surface area contributed by atoms with Crippen molar-refractivity contribution >= 4 is 22.9 Å². The van der Waals surface area contributed by atoms with Gasteiger partial charge in [0.15, 0.2) is 5.95 Å². The fraction of sp³-hybridized carbons (Fsp3) is 0.333. The number of anilines is 1. The van der Waals surface area contributed by atoms with Crippen LogP contribution in [0.4, 0.5) is 5.95 Å². The number of ether oxygens (including phenoxy) is 1. The monoisotopic (exact) mass is 246 g/mol. The maximum Gasteiger partial charge on any atom is 0.254 e. The van der Waals surface area contributed by atoms with Crippen molar-refractivity contribution in [2.45, 2.75) is 0 Å². The topological polar surface area (TPSA) is 84.2 Å². The lowest BCUT2D eigenvalue weighted by Crippen LogP contribution is -2.40. The maximum atomic E-state index is 12.3. The van der Waals surface area contributed by atoms with Crippen molar-refractivity contribution in [1.29, 1.82) is 0 Å². The maximum absolute atomic E-state index is 12.3. The molecule has 0 aliphatic carbocycles. The van der Waals surface area contributed by atoms with E-state index in [9.17, 15) is 4.79 Å². The molecule has 6 nitrogen and oxygen atoms in total. The largest absolute Gasteiger partial charge is 0.378 e. The Morgan fingerprint density at radius 2 is 2.17 bits per heavy atom. The highest BCUT2D eigenvalue weighted by Gasteiger charge is 2.18. The second-order valence-electron chi connectivity index (χ2n) is 4.26. The highest BCUT2D eigenvalue weighted by Crippen LogP contribution is 2.16. The summed E-state index contributed by atoms with van der Waals surface area (Å²) < 4.78 is 5.23. The number of imidazole rings is 1. The molecular formula is C12H14N4O2. The van der Waals surface area contributed by atoms with Crippen molar-refractivity contribution < 1.29 is 9.53 Å². The zero-order valence-electron chi connectivity index (χ0n) is 9.85. The first kappa shape index (κ1) is 11.0. The van der Waals surface area contributed by atoms with Crippen molar-refractivity contribution in [2.75, 3.05) is 32.0 Å².